The fourth-order valence-electron chi connectivity index (χ4n) is 2.63. The second-order valence-electron chi connectivity index (χ2n) is 5.87. The summed E-state index contributed by atoms with van der Waals surface area (Å²) in [7, 11) is 1.51. The molecule has 2 amide bonds. The topological polar surface area (TPSA) is 75.3 Å². The molecule has 136 valence electrons. The normalized spacial score (nSPS) is 11.5. The number of nitrogens with one attached hydrogen (secondary N) is 2. The van der Waals surface area contributed by atoms with Crippen LogP contribution in [0.25, 0.3) is 11.1 Å². The molecule has 0 spiro atoms. The minimum Gasteiger partial charge on any atom is -0.357 e. The molecule has 0 saturated heterocycles. The van der Waals surface area contributed by atoms with E-state index in [2.05, 4.69) is 10.6 Å². The van der Waals surface area contributed by atoms with Gasteiger partial charge in [-0.1, -0.05) is 19.1 Å². The fourth-order valence-corrected chi connectivity index (χ4v) is 2.63. The summed E-state index contributed by atoms with van der Waals surface area (Å²) in [5, 5.41) is 5.17. The second-order valence-corrected chi connectivity index (χ2v) is 5.87. The van der Waals surface area contributed by atoms with Crippen LogP contribution in [-0.2, 0) is 4.79 Å². The monoisotopic (exact) mass is 356 g/mol. The van der Waals surface area contributed by atoms with Crippen LogP contribution in [0, 0.1) is 5.82 Å². The molecule has 0 fully saturated rings. The van der Waals surface area contributed by atoms with Gasteiger partial charge in [0.2, 0.25) is 5.91 Å². The number of rotatable bonds is 6. The summed E-state index contributed by atoms with van der Waals surface area (Å²) in [6.07, 6.45) is 0.467. The molecule has 0 aliphatic heterocycles. The lowest BCUT2D eigenvalue weighted by Gasteiger charge is -2.15. The van der Waals surface area contributed by atoms with Crippen molar-refractivity contribution in [3.8, 4) is 11.1 Å². The average molecular weight is 356 g/mol. The zero-order valence-corrected chi connectivity index (χ0v) is 14.9. The van der Waals surface area contributed by atoms with Gasteiger partial charge in [-0.15, -0.1) is 0 Å². The van der Waals surface area contributed by atoms with Crippen LogP contribution in [0.5, 0.6) is 0 Å². The number of benzene rings is 2. The van der Waals surface area contributed by atoms with Crippen LogP contribution in [0.3, 0.4) is 0 Å². The summed E-state index contributed by atoms with van der Waals surface area (Å²) in [5.41, 5.74) is 1.89. The number of ketones is 1. The third-order valence-electron chi connectivity index (χ3n) is 4.10. The smallest absolute Gasteiger partial charge is 0.251 e. The van der Waals surface area contributed by atoms with Gasteiger partial charge in [-0.25, -0.2) is 4.39 Å². The SMILES string of the molecule is CCC(NC(=O)c1ccc(-c2cc(F)ccc2C(C)=O)cc1)C(=O)NC. The Morgan fingerprint density at radius 2 is 1.73 bits per heavy atom. The lowest BCUT2D eigenvalue weighted by atomic mass is 9.96. The first kappa shape index (κ1) is 19.3. The van der Waals surface area contributed by atoms with E-state index in [1.807, 2.05) is 0 Å². The van der Waals surface area contributed by atoms with Crippen LogP contribution >= 0.6 is 0 Å². The Labute approximate surface area is 151 Å². The molecular formula is C20H21FN2O3. The summed E-state index contributed by atoms with van der Waals surface area (Å²) in [6, 6.07) is 9.83. The third-order valence-corrected chi connectivity index (χ3v) is 4.10. The van der Waals surface area contributed by atoms with E-state index >= 15 is 0 Å². The first-order valence-electron chi connectivity index (χ1n) is 8.30. The predicted octanol–water partition coefficient (Wildman–Crippen LogP) is 2.95. The van der Waals surface area contributed by atoms with Crippen molar-refractivity contribution in [2.24, 2.45) is 0 Å². The summed E-state index contributed by atoms with van der Waals surface area (Å²) >= 11 is 0. The first-order valence-corrected chi connectivity index (χ1v) is 8.30. The van der Waals surface area contributed by atoms with Crippen LogP contribution < -0.4 is 10.6 Å². The first-order chi connectivity index (χ1) is 12.4. The average Bonchev–Trinajstić information content (AvgIpc) is 2.65. The molecule has 2 N–H and O–H groups in total. The van der Waals surface area contributed by atoms with E-state index in [4.69, 9.17) is 0 Å². The van der Waals surface area contributed by atoms with Crippen molar-refractivity contribution >= 4 is 17.6 Å². The minimum atomic E-state index is -0.611. The second kappa shape index (κ2) is 8.38. The molecule has 0 heterocycles. The Morgan fingerprint density at radius 3 is 2.27 bits per heavy atom. The van der Waals surface area contributed by atoms with Gasteiger partial charge < -0.3 is 10.6 Å². The van der Waals surface area contributed by atoms with Gasteiger partial charge in [0, 0.05) is 18.2 Å². The number of Topliss-reactive ketones (excluding diaryl/α,β-unsaturated/α-hetero) is 1. The zero-order chi connectivity index (χ0) is 19.3. The molecule has 2 rings (SSSR count). The molecule has 0 bridgehead atoms. The van der Waals surface area contributed by atoms with Gasteiger partial charge in [0.15, 0.2) is 5.78 Å². The number of carbonyl (C=O) groups excluding carboxylic acids is 3. The quantitative estimate of drug-likeness (QED) is 0.782. The van der Waals surface area contributed by atoms with Gasteiger partial charge in [-0.05, 0) is 54.8 Å². The van der Waals surface area contributed by atoms with Crippen LogP contribution in [0.1, 0.15) is 41.0 Å². The maximum atomic E-state index is 13.6. The largest absolute Gasteiger partial charge is 0.357 e. The van der Waals surface area contributed by atoms with E-state index in [-0.39, 0.29) is 17.6 Å². The molecular weight excluding hydrogens is 335 g/mol. The van der Waals surface area contributed by atoms with E-state index in [0.29, 0.717) is 28.7 Å². The van der Waals surface area contributed by atoms with Gasteiger partial charge in [-0.2, -0.15) is 0 Å². The van der Waals surface area contributed by atoms with Gasteiger partial charge >= 0.3 is 0 Å². The molecule has 0 aliphatic rings. The van der Waals surface area contributed by atoms with Crippen molar-refractivity contribution in [3.63, 3.8) is 0 Å². The number of halogens is 1. The highest BCUT2D eigenvalue weighted by atomic mass is 19.1. The van der Waals surface area contributed by atoms with Crippen LogP contribution in [-0.4, -0.2) is 30.7 Å². The summed E-state index contributed by atoms with van der Waals surface area (Å²) in [4.78, 5) is 35.7. The number of hydrogen-bond donors (Lipinski definition) is 2. The molecule has 1 unspecified atom stereocenters. The summed E-state index contributed by atoms with van der Waals surface area (Å²) in [5.74, 6) is -1.25. The zero-order valence-electron chi connectivity index (χ0n) is 14.9. The highest BCUT2D eigenvalue weighted by Crippen LogP contribution is 2.25. The van der Waals surface area contributed by atoms with Crippen LogP contribution in [0.4, 0.5) is 4.39 Å². The maximum Gasteiger partial charge on any atom is 0.251 e. The molecule has 0 aliphatic carbocycles. The van der Waals surface area contributed by atoms with Crippen molar-refractivity contribution in [2.75, 3.05) is 7.05 Å². The third kappa shape index (κ3) is 4.33. The molecule has 0 radical (unpaired) electrons. The summed E-state index contributed by atoms with van der Waals surface area (Å²) < 4.78 is 13.6. The Morgan fingerprint density at radius 1 is 1.08 bits per heavy atom. The van der Waals surface area contributed by atoms with Crippen molar-refractivity contribution in [1.29, 1.82) is 0 Å². The van der Waals surface area contributed by atoms with E-state index in [1.165, 1.54) is 32.2 Å². The molecule has 26 heavy (non-hydrogen) atoms. The van der Waals surface area contributed by atoms with Gasteiger partial charge in [0.1, 0.15) is 11.9 Å². The Balaban J connectivity index is 2.26. The number of hydrogen-bond acceptors (Lipinski definition) is 3. The molecule has 2 aromatic rings. The Kier molecular flexibility index (Phi) is 6.22. The van der Waals surface area contributed by atoms with E-state index in [1.54, 1.807) is 31.2 Å². The molecule has 2 aromatic carbocycles. The van der Waals surface area contributed by atoms with Gasteiger partial charge in [0.05, 0.1) is 0 Å². The minimum absolute atomic E-state index is 0.168. The molecule has 0 saturated carbocycles. The van der Waals surface area contributed by atoms with E-state index < -0.39 is 11.9 Å². The number of amides is 2. The molecule has 5 nitrogen and oxygen atoms in total. The highest BCUT2D eigenvalue weighted by molar-refractivity contribution is 6.01. The van der Waals surface area contributed by atoms with Gasteiger partial charge in [0.25, 0.3) is 5.91 Å². The molecule has 1 atom stereocenters. The fraction of sp³-hybridized carbons (Fsp3) is 0.250. The molecule has 6 heteroatoms. The van der Waals surface area contributed by atoms with Crippen molar-refractivity contribution < 1.29 is 18.8 Å². The van der Waals surface area contributed by atoms with E-state index in [0.717, 1.165) is 0 Å². The lowest BCUT2D eigenvalue weighted by molar-refractivity contribution is -0.122. The van der Waals surface area contributed by atoms with Crippen LogP contribution in [0.2, 0.25) is 0 Å². The maximum absolute atomic E-state index is 13.6. The Hall–Kier alpha value is -3.02. The molecule has 0 aromatic heterocycles. The number of carbonyl (C=O) groups is 3. The van der Waals surface area contributed by atoms with Crippen LogP contribution in [0.15, 0.2) is 42.5 Å². The van der Waals surface area contributed by atoms with E-state index in [9.17, 15) is 18.8 Å². The van der Waals surface area contributed by atoms with Crippen molar-refractivity contribution in [3.05, 3.63) is 59.4 Å². The lowest BCUT2D eigenvalue weighted by Crippen LogP contribution is -2.45. The van der Waals surface area contributed by atoms with Crippen molar-refractivity contribution in [2.45, 2.75) is 26.3 Å². The highest BCUT2D eigenvalue weighted by Gasteiger charge is 2.18. The van der Waals surface area contributed by atoms with Gasteiger partial charge in [-0.3, -0.25) is 14.4 Å². The predicted molar refractivity (Wildman–Crippen MR) is 97.5 cm³/mol. The van der Waals surface area contributed by atoms with Crippen molar-refractivity contribution in [1.82, 2.24) is 10.6 Å². The number of likely N-dealkylation sites (N-methyl/N-ethyl adjacent to an activating group) is 1. The Bertz CT molecular complexity index is 831. The summed E-state index contributed by atoms with van der Waals surface area (Å²) in [6.45, 7) is 3.22. The standard InChI is InChI=1S/C20H21FN2O3/c1-4-18(20(26)22-3)23-19(25)14-7-5-13(6-8-14)17-11-15(21)9-10-16(17)12(2)24/h5-11,18H,4H2,1-3H3,(H,22,26)(H,23,25).